The molecule has 1 aromatic carbocycles. The van der Waals surface area contributed by atoms with Crippen LogP contribution in [0.1, 0.15) is 23.5 Å². The Hall–Kier alpha value is -1.59. The number of benzene rings is 1. The summed E-state index contributed by atoms with van der Waals surface area (Å²) >= 11 is 7.30. The van der Waals surface area contributed by atoms with E-state index in [1.54, 1.807) is 18.2 Å². The number of ether oxygens (including phenoxy) is 2. The number of rotatable bonds is 6. The summed E-state index contributed by atoms with van der Waals surface area (Å²) in [6.07, 6.45) is 2.19. The number of nitrogens with zero attached hydrogens (tertiary/aromatic N) is 1. The average Bonchev–Trinajstić information content (AvgIpc) is 2.87. The fourth-order valence-corrected chi connectivity index (χ4v) is 2.18. The normalized spacial score (nSPS) is 10.6. The molecule has 6 heteroatoms. The van der Waals surface area contributed by atoms with Crippen molar-refractivity contribution in [2.75, 3.05) is 6.61 Å². The Morgan fingerprint density at radius 1 is 1.45 bits per heavy atom. The first kappa shape index (κ1) is 14.8. The Balaban J connectivity index is 2.07. The van der Waals surface area contributed by atoms with Gasteiger partial charge < -0.3 is 9.47 Å². The van der Waals surface area contributed by atoms with Gasteiger partial charge in [0, 0.05) is 6.07 Å². The maximum Gasteiger partial charge on any atom is 0.279 e. The van der Waals surface area contributed by atoms with Gasteiger partial charge in [0.2, 0.25) is 0 Å². The van der Waals surface area contributed by atoms with E-state index in [4.69, 9.17) is 21.1 Å². The molecule has 4 nitrogen and oxygen atoms in total. The SMILES string of the molecule is CC(C)COc1ccc(Oc2ncc(C=O)s2)c(Cl)c1. The summed E-state index contributed by atoms with van der Waals surface area (Å²) < 4.78 is 11.1. The van der Waals surface area contributed by atoms with Crippen molar-refractivity contribution < 1.29 is 14.3 Å². The number of aldehydes is 1. The molecule has 1 heterocycles. The molecule has 0 unspecified atom stereocenters. The van der Waals surface area contributed by atoms with Crippen LogP contribution in [0.4, 0.5) is 0 Å². The van der Waals surface area contributed by atoms with Crippen molar-refractivity contribution in [1.82, 2.24) is 4.98 Å². The predicted molar refractivity (Wildman–Crippen MR) is 79.4 cm³/mol. The van der Waals surface area contributed by atoms with Crippen LogP contribution in [-0.4, -0.2) is 17.9 Å². The molecule has 0 atom stereocenters. The smallest absolute Gasteiger partial charge is 0.279 e. The van der Waals surface area contributed by atoms with Crippen molar-refractivity contribution in [3.05, 3.63) is 34.3 Å². The third kappa shape index (κ3) is 3.95. The molecule has 0 aliphatic carbocycles. The number of carbonyl (C=O) groups excluding carboxylic acids is 1. The van der Waals surface area contributed by atoms with Crippen molar-refractivity contribution >= 4 is 29.2 Å². The highest BCUT2D eigenvalue weighted by atomic mass is 35.5. The molecule has 0 saturated heterocycles. The van der Waals surface area contributed by atoms with Gasteiger partial charge in [-0.1, -0.05) is 36.8 Å². The zero-order valence-electron chi connectivity index (χ0n) is 11.1. The van der Waals surface area contributed by atoms with Crippen molar-refractivity contribution in [1.29, 1.82) is 0 Å². The second-order valence-electron chi connectivity index (χ2n) is 4.55. The average molecular weight is 312 g/mol. The molecule has 0 saturated carbocycles. The van der Waals surface area contributed by atoms with E-state index in [9.17, 15) is 4.79 Å². The van der Waals surface area contributed by atoms with Gasteiger partial charge in [-0.25, -0.2) is 4.98 Å². The minimum Gasteiger partial charge on any atom is -0.493 e. The third-order valence-electron chi connectivity index (χ3n) is 2.30. The molecule has 0 fully saturated rings. The molecule has 106 valence electrons. The highest BCUT2D eigenvalue weighted by Crippen LogP contribution is 2.33. The first-order chi connectivity index (χ1) is 9.58. The summed E-state index contributed by atoms with van der Waals surface area (Å²) in [5.41, 5.74) is 0. The van der Waals surface area contributed by atoms with Crippen LogP contribution in [0.2, 0.25) is 5.02 Å². The minimum atomic E-state index is 0.379. The van der Waals surface area contributed by atoms with Gasteiger partial charge in [-0.05, 0) is 18.1 Å². The van der Waals surface area contributed by atoms with E-state index in [2.05, 4.69) is 18.8 Å². The monoisotopic (exact) mass is 311 g/mol. The number of carbonyl (C=O) groups is 1. The molecule has 0 radical (unpaired) electrons. The van der Waals surface area contributed by atoms with E-state index in [0.717, 1.165) is 17.6 Å². The predicted octanol–water partition coefficient (Wildman–Crippen LogP) is 4.44. The fourth-order valence-electron chi connectivity index (χ4n) is 1.38. The standard InChI is InChI=1S/C14H14ClNO3S/c1-9(2)8-18-10-3-4-13(12(15)5-10)19-14-16-6-11(7-17)20-14/h3-7,9H,8H2,1-2H3. The Morgan fingerprint density at radius 3 is 2.85 bits per heavy atom. The fraction of sp³-hybridized carbons (Fsp3) is 0.286. The topological polar surface area (TPSA) is 48.4 Å². The number of hydrogen-bond acceptors (Lipinski definition) is 5. The van der Waals surface area contributed by atoms with Crippen molar-refractivity contribution in [3.63, 3.8) is 0 Å². The van der Waals surface area contributed by atoms with Crippen molar-refractivity contribution in [3.8, 4) is 16.7 Å². The number of thiazole rings is 1. The van der Waals surface area contributed by atoms with Crippen LogP contribution in [0, 0.1) is 5.92 Å². The van der Waals surface area contributed by atoms with E-state index in [0.29, 0.717) is 39.1 Å². The lowest BCUT2D eigenvalue weighted by molar-refractivity contribution is 0.112. The molecule has 2 aromatic rings. The van der Waals surface area contributed by atoms with E-state index in [1.165, 1.54) is 6.20 Å². The lowest BCUT2D eigenvalue weighted by Gasteiger charge is -2.10. The molecule has 1 aromatic heterocycles. The maximum atomic E-state index is 10.6. The molecular formula is C14H14ClNO3S. The van der Waals surface area contributed by atoms with E-state index >= 15 is 0 Å². The van der Waals surface area contributed by atoms with Gasteiger partial charge in [0.15, 0.2) is 6.29 Å². The Bertz CT molecular complexity index is 598. The molecule has 0 spiro atoms. The van der Waals surface area contributed by atoms with Gasteiger partial charge >= 0.3 is 0 Å². The summed E-state index contributed by atoms with van der Waals surface area (Å²) in [6.45, 7) is 4.78. The lowest BCUT2D eigenvalue weighted by atomic mass is 10.2. The summed E-state index contributed by atoms with van der Waals surface area (Å²) in [5, 5.41) is 0.818. The zero-order valence-corrected chi connectivity index (χ0v) is 12.7. The molecule has 0 bridgehead atoms. The van der Waals surface area contributed by atoms with Crippen molar-refractivity contribution in [2.24, 2.45) is 5.92 Å². The number of halogens is 1. The van der Waals surface area contributed by atoms with Gasteiger partial charge in [0.1, 0.15) is 11.5 Å². The number of aromatic nitrogens is 1. The van der Waals surface area contributed by atoms with Crippen LogP contribution in [0.25, 0.3) is 0 Å². The lowest BCUT2D eigenvalue weighted by Crippen LogP contribution is -2.04. The van der Waals surface area contributed by atoms with Gasteiger partial charge in [-0.2, -0.15) is 0 Å². The Labute approximate surface area is 126 Å². The molecule has 0 aliphatic rings. The van der Waals surface area contributed by atoms with Crippen LogP contribution >= 0.6 is 22.9 Å². The molecule has 0 aliphatic heterocycles. The second kappa shape index (κ2) is 6.72. The molecule has 0 amide bonds. The highest BCUT2D eigenvalue weighted by molar-refractivity contribution is 7.15. The van der Waals surface area contributed by atoms with E-state index in [-0.39, 0.29) is 0 Å². The Kier molecular flexibility index (Phi) is 4.98. The first-order valence-corrected chi connectivity index (χ1v) is 7.29. The summed E-state index contributed by atoms with van der Waals surface area (Å²) in [5.74, 6) is 1.63. The zero-order chi connectivity index (χ0) is 14.5. The third-order valence-corrected chi connectivity index (χ3v) is 3.40. The Morgan fingerprint density at radius 2 is 2.25 bits per heavy atom. The van der Waals surface area contributed by atoms with Crippen LogP contribution in [-0.2, 0) is 0 Å². The van der Waals surface area contributed by atoms with Gasteiger partial charge in [-0.15, -0.1) is 0 Å². The quantitative estimate of drug-likeness (QED) is 0.740. The van der Waals surface area contributed by atoms with E-state index in [1.807, 2.05) is 0 Å². The molecule has 20 heavy (non-hydrogen) atoms. The first-order valence-electron chi connectivity index (χ1n) is 6.09. The largest absolute Gasteiger partial charge is 0.493 e. The van der Waals surface area contributed by atoms with Gasteiger partial charge in [-0.3, -0.25) is 4.79 Å². The molecule has 2 rings (SSSR count). The molecular weight excluding hydrogens is 298 g/mol. The van der Waals surface area contributed by atoms with Gasteiger partial charge in [0.05, 0.1) is 22.7 Å². The summed E-state index contributed by atoms with van der Waals surface area (Å²) in [6, 6.07) is 5.21. The van der Waals surface area contributed by atoms with Crippen LogP contribution in [0.15, 0.2) is 24.4 Å². The molecule has 0 N–H and O–H groups in total. The minimum absolute atomic E-state index is 0.379. The highest BCUT2D eigenvalue weighted by Gasteiger charge is 2.09. The van der Waals surface area contributed by atoms with Crippen LogP contribution < -0.4 is 9.47 Å². The summed E-state index contributed by atoms with van der Waals surface area (Å²) in [7, 11) is 0. The van der Waals surface area contributed by atoms with Gasteiger partial charge in [0.25, 0.3) is 5.19 Å². The van der Waals surface area contributed by atoms with Crippen LogP contribution in [0.5, 0.6) is 16.7 Å². The second-order valence-corrected chi connectivity index (χ2v) is 5.98. The van der Waals surface area contributed by atoms with Crippen molar-refractivity contribution in [2.45, 2.75) is 13.8 Å². The van der Waals surface area contributed by atoms with Crippen LogP contribution in [0.3, 0.4) is 0 Å². The maximum absolute atomic E-state index is 10.6. The summed E-state index contributed by atoms with van der Waals surface area (Å²) in [4.78, 5) is 15.1. The number of hydrogen-bond donors (Lipinski definition) is 0. The van der Waals surface area contributed by atoms with E-state index < -0.39 is 0 Å².